The van der Waals surface area contributed by atoms with Gasteiger partial charge in [0.25, 0.3) is 5.91 Å². The number of halogens is 4. The molecule has 6 N–H and O–H groups in total. The van der Waals surface area contributed by atoms with Gasteiger partial charge in [-0.1, -0.05) is 43.6 Å². The smallest absolute Gasteiger partial charge is 0.422 e. The minimum absolute atomic E-state index is 0.0111. The number of nitrogens with one attached hydrogen (secondary N) is 6. The number of carbonyl (C=O) groups is 3. The molecule has 1 fully saturated rings. The molecule has 6 rings (SSSR count). The normalized spacial score (nSPS) is 13.5. The van der Waals surface area contributed by atoms with E-state index in [1.807, 2.05) is 38.1 Å². The van der Waals surface area contributed by atoms with E-state index >= 15 is 0 Å². The maximum Gasteiger partial charge on any atom is 0.422 e. The molecule has 2 aromatic heterocycles. The van der Waals surface area contributed by atoms with Crippen LogP contribution in [-0.2, 0) is 15.1 Å². The van der Waals surface area contributed by atoms with Crippen molar-refractivity contribution in [2.24, 2.45) is 5.41 Å². The number of fused-ring (bicyclic) bond motifs is 1. The van der Waals surface area contributed by atoms with Gasteiger partial charge in [-0.25, -0.2) is 0 Å². The fraction of sp³-hybridized carbons (Fsp3) is 0.278. The Labute approximate surface area is 306 Å². The number of hydrogen-bond donors (Lipinski definition) is 6. The highest BCUT2D eigenvalue weighted by Crippen LogP contribution is 2.48. The minimum Gasteiger partial charge on any atom is -0.454 e. The lowest BCUT2D eigenvalue weighted by atomic mass is 9.93. The number of anilines is 4. The molecule has 17 heteroatoms. The lowest BCUT2D eigenvalue weighted by Gasteiger charge is -2.25. The molecule has 0 saturated heterocycles. The van der Waals surface area contributed by atoms with Gasteiger partial charge in [-0.3, -0.25) is 14.4 Å². The highest BCUT2D eigenvalue weighted by Gasteiger charge is 2.45. The van der Waals surface area contributed by atoms with E-state index in [1.54, 1.807) is 54.7 Å². The Morgan fingerprint density at radius 1 is 0.849 bits per heavy atom. The van der Waals surface area contributed by atoms with E-state index in [2.05, 4.69) is 46.5 Å². The number of aromatic nitrogens is 4. The molecular formula is C36H35ClF3N9O4. The number of carbonyl (C=O) groups excluding carboxylic acids is 3. The summed E-state index contributed by atoms with van der Waals surface area (Å²) < 4.78 is 43.7. The SMILES string of the molecule is CC(C)(CNC(=O)C(=O)Nc1ccc2cc[nH]c2c1)CNC(=O)c1ccc(Nc2nc(NC3(c4ccc(Cl)cc4)CC3)nc(OCC(F)(F)F)n2)cc1. The van der Waals surface area contributed by atoms with Crippen LogP contribution in [-0.4, -0.2) is 63.5 Å². The molecule has 5 aromatic rings. The van der Waals surface area contributed by atoms with E-state index < -0.39 is 41.6 Å². The van der Waals surface area contributed by atoms with Crippen molar-refractivity contribution in [1.29, 1.82) is 0 Å². The summed E-state index contributed by atoms with van der Waals surface area (Å²) in [6.07, 6.45) is -1.36. The maximum atomic E-state index is 13.0. The Morgan fingerprint density at radius 3 is 2.23 bits per heavy atom. The lowest BCUT2D eigenvalue weighted by Crippen LogP contribution is -2.44. The highest BCUT2D eigenvalue weighted by molar-refractivity contribution is 6.39. The summed E-state index contributed by atoms with van der Waals surface area (Å²) in [5.74, 6) is -2.09. The Balaban J connectivity index is 1.03. The van der Waals surface area contributed by atoms with E-state index in [0.29, 0.717) is 22.0 Å². The zero-order chi connectivity index (χ0) is 37.8. The summed E-state index contributed by atoms with van der Waals surface area (Å²) in [4.78, 5) is 53.3. The van der Waals surface area contributed by atoms with Crippen LogP contribution in [0.3, 0.4) is 0 Å². The molecule has 0 unspecified atom stereocenters. The zero-order valence-electron chi connectivity index (χ0n) is 28.5. The van der Waals surface area contributed by atoms with Crippen LogP contribution >= 0.6 is 11.6 Å². The van der Waals surface area contributed by atoms with Gasteiger partial charge >= 0.3 is 24.0 Å². The van der Waals surface area contributed by atoms with Gasteiger partial charge < -0.3 is 36.3 Å². The number of aromatic amines is 1. The quantitative estimate of drug-likeness (QED) is 0.0755. The first-order valence-corrected chi connectivity index (χ1v) is 16.8. The summed E-state index contributed by atoms with van der Waals surface area (Å²) >= 11 is 6.03. The third-order valence-corrected chi connectivity index (χ3v) is 8.61. The third kappa shape index (κ3) is 9.91. The van der Waals surface area contributed by atoms with E-state index in [0.717, 1.165) is 29.3 Å². The molecular weight excluding hydrogens is 715 g/mol. The van der Waals surface area contributed by atoms with Gasteiger partial charge in [0.2, 0.25) is 11.9 Å². The number of hydrogen-bond acceptors (Lipinski definition) is 9. The zero-order valence-corrected chi connectivity index (χ0v) is 29.3. The predicted octanol–water partition coefficient (Wildman–Crippen LogP) is 6.30. The fourth-order valence-corrected chi connectivity index (χ4v) is 5.43. The molecule has 276 valence electrons. The van der Waals surface area contributed by atoms with Crippen LogP contribution in [0.25, 0.3) is 10.9 Å². The Bertz CT molecular complexity index is 2120. The predicted molar refractivity (Wildman–Crippen MR) is 193 cm³/mol. The van der Waals surface area contributed by atoms with Crippen LogP contribution in [0.15, 0.2) is 79.0 Å². The van der Waals surface area contributed by atoms with Crippen LogP contribution in [0.4, 0.5) is 36.4 Å². The topological polar surface area (TPSA) is 175 Å². The van der Waals surface area contributed by atoms with E-state index in [-0.39, 0.29) is 30.9 Å². The Kier molecular flexibility index (Phi) is 10.4. The Hall–Kier alpha value is -5.90. The number of ether oxygens (including phenoxy) is 1. The summed E-state index contributed by atoms with van der Waals surface area (Å²) in [7, 11) is 0. The number of rotatable bonds is 13. The molecule has 0 radical (unpaired) electrons. The number of benzene rings is 3. The molecule has 1 aliphatic carbocycles. The molecule has 13 nitrogen and oxygen atoms in total. The number of amides is 3. The largest absolute Gasteiger partial charge is 0.454 e. The summed E-state index contributed by atoms with van der Waals surface area (Å²) in [6.45, 7) is 2.34. The van der Waals surface area contributed by atoms with Crippen molar-refractivity contribution < 1.29 is 32.3 Å². The molecule has 0 bridgehead atoms. The van der Waals surface area contributed by atoms with Crippen LogP contribution < -0.4 is 31.3 Å². The molecule has 1 saturated carbocycles. The summed E-state index contributed by atoms with van der Waals surface area (Å²) in [6, 6.07) is 20.1. The molecule has 3 aromatic carbocycles. The summed E-state index contributed by atoms with van der Waals surface area (Å²) in [5, 5.41) is 15.7. The first-order valence-electron chi connectivity index (χ1n) is 16.5. The molecule has 1 aliphatic rings. The van der Waals surface area contributed by atoms with Crippen LogP contribution in [0, 0.1) is 5.41 Å². The van der Waals surface area contributed by atoms with E-state index in [1.165, 1.54) is 0 Å². The Morgan fingerprint density at radius 2 is 1.53 bits per heavy atom. The average Bonchev–Trinajstić information content (AvgIpc) is 3.74. The average molecular weight is 750 g/mol. The van der Waals surface area contributed by atoms with Crippen molar-refractivity contribution in [1.82, 2.24) is 30.6 Å². The van der Waals surface area contributed by atoms with Gasteiger partial charge in [0.15, 0.2) is 6.61 Å². The van der Waals surface area contributed by atoms with Crippen molar-refractivity contribution >= 4 is 63.5 Å². The third-order valence-electron chi connectivity index (χ3n) is 8.36. The van der Waals surface area contributed by atoms with Gasteiger partial charge in [0, 0.05) is 46.8 Å². The molecule has 0 atom stereocenters. The van der Waals surface area contributed by atoms with Crippen LogP contribution in [0.5, 0.6) is 6.01 Å². The lowest BCUT2D eigenvalue weighted by molar-refractivity contribution is -0.154. The van der Waals surface area contributed by atoms with Crippen molar-refractivity contribution in [3.05, 3.63) is 95.1 Å². The molecule has 0 aliphatic heterocycles. The monoisotopic (exact) mass is 749 g/mol. The molecule has 3 amide bonds. The van der Waals surface area contributed by atoms with Crippen LogP contribution in [0.1, 0.15) is 42.6 Å². The van der Waals surface area contributed by atoms with Gasteiger partial charge in [0.1, 0.15) is 0 Å². The molecule has 53 heavy (non-hydrogen) atoms. The second-order valence-corrected chi connectivity index (χ2v) is 13.8. The number of H-pyrrole nitrogens is 1. The van der Waals surface area contributed by atoms with Gasteiger partial charge in [-0.2, -0.15) is 28.1 Å². The van der Waals surface area contributed by atoms with Crippen molar-refractivity contribution in [3.63, 3.8) is 0 Å². The standard InChI is InChI=1S/C36H35ClF3N9O4/c1-34(2,19-43-29(51)30(52)44-26-12-3-21-13-16-41-27(21)17-26)18-42-28(50)22-4-10-25(11-5-22)45-31-46-32(48-33(47-31)53-20-36(38,39)40)49-35(14-15-35)23-6-8-24(37)9-7-23/h3-13,16-17,41H,14-15,18-20H2,1-2H3,(H,42,50)(H,43,51)(H,44,52)(H2,45,46,47,48,49). The van der Waals surface area contributed by atoms with Gasteiger partial charge in [0.05, 0.1) is 5.54 Å². The van der Waals surface area contributed by atoms with E-state index in [4.69, 9.17) is 16.3 Å². The van der Waals surface area contributed by atoms with E-state index in [9.17, 15) is 27.6 Å². The second-order valence-electron chi connectivity index (χ2n) is 13.3. The number of alkyl halides is 3. The maximum absolute atomic E-state index is 13.0. The molecule has 2 heterocycles. The summed E-state index contributed by atoms with van der Waals surface area (Å²) in [5.41, 5.74) is 1.83. The van der Waals surface area contributed by atoms with Crippen molar-refractivity contribution in [2.45, 2.75) is 38.4 Å². The van der Waals surface area contributed by atoms with Crippen molar-refractivity contribution in [2.75, 3.05) is 35.6 Å². The highest BCUT2D eigenvalue weighted by atomic mass is 35.5. The van der Waals surface area contributed by atoms with Crippen LogP contribution in [0.2, 0.25) is 5.02 Å². The van der Waals surface area contributed by atoms with Gasteiger partial charge in [-0.05, 0) is 83.8 Å². The fourth-order valence-electron chi connectivity index (χ4n) is 5.30. The second kappa shape index (κ2) is 15.0. The van der Waals surface area contributed by atoms with Crippen molar-refractivity contribution in [3.8, 4) is 6.01 Å². The molecule has 0 spiro atoms. The number of nitrogens with zero attached hydrogens (tertiary/aromatic N) is 3. The van der Waals surface area contributed by atoms with Gasteiger partial charge in [-0.15, -0.1) is 0 Å². The first-order chi connectivity index (χ1) is 25.2. The first kappa shape index (κ1) is 36.9. The minimum atomic E-state index is -4.61.